The number of rotatable bonds is 8. The van der Waals surface area contributed by atoms with Crippen molar-refractivity contribution in [3.05, 3.63) is 96.2 Å². The van der Waals surface area contributed by atoms with Crippen LogP contribution in [0, 0.1) is 0 Å². The highest BCUT2D eigenvalue weighted by molar-refractivity contribution is 7.89. The van der Waals surface area contributed by atoms with E-state index in [1.807, 2.05) is 72.4 Å². The fraction of sp³-hybridized carbons (Fsp3) is 0.160. The molecule has 0 saturated heterocycles. The zero-order chi connectivity index (χ0) is 23.4. The number of benzene rings is 3. The molecule has 1 aromatic heterocycles. The van der Waals surface area contributed by atoms with E-state index in [1.165, 1.54) is 12.1 Å². The molecular formula is C25H26N4O3S. The van der Waals surface area contributed by atoms with Gasteiger partial charge in [-0.2, -0.15) is 5.10 Å². The number of aromatic nitrogens is 2. The second-order valence-electron chi connectivity index (χ2n) is 7.73. The number of hydrogen-bond acceptors (Lipinski definition) is 5. The molecule has 170 valence electrons. The summed E-state index contributed by atoms with van der Waals surface area (Å²) in [6.45, 7) is 2.60. The van der Waals surface area contributed by atoms with Crippen LogP contribution in [0.5, 0.6) is 5.75 Å². The largest absolute Gasteiger partial charge is 0.497 e. The van der Waals surface area contributed by atoms with Crippen LogP contribution in [0.25, 0.3) is 16.9 Å². The molecule has 4 aromatic rings. The van der Waals surface area contributed by atoms with Crippen molar-refractivity contribution in [2.75, 3.05) is 7.11 Å². The molecule has 0 bridgehead atoms. The van der Waals surface area contributed by atoms with Gasteiger partial charge in [-0.3, -0.25) is 0 Å². The lowest BCUT2D eigenvalue weighted by atomic mass is 10.1. The Hall–Kier alpha value is -3.46. The summed E-state index contributed by atoms with van der Waals surface area (Å²) in [6, 6.07) is 24.4. The fourth-order valence-corrected chi connectivity index (χ4v) is 4.09. The number of para-hydroxylation sites is 1. The minimum absolute atomic E-state index is 0.0108. The van der Waals surface area contributed by atoms with Crippen molar-refractivity contribution in [1.29, 1.82) is 0 Å². The Labute approximate surface area is 193 Å². The Bertz CT molecular complexity index is 1320. The molecule has 3 aromatic carbocycles. The smallest absolute Gasteiger partial charge is 0.238 e. The molecule has 8 heteroatoms. The normalized spacial score (nSPS) is 12.5. The van der Waals surface area contributed by atoms with E-state index in [1.54, 1.807) is 19.2 Å². The number of nitrogens with zero attached hydrogens (tertiary/aromatic N) is 2. The molecule has 4 rings (SSSR count). The number of hydrogen-bond donors (Lipinski definition) is 2. The van der Waals surface area contributed by atoms with Crippen molar-refractivity contribution in [1.82, 2.24) is 15.1 Å². The van der Waals surface area contributed by atoms with E-state index in [2.05, 4.69) is 5.32 Å². The van der Waals surface area contributed by atoms with Crippen molar-refractivity contribution in [2.45, 2.75) is 24.4 Å². The Balaban J connectivity index is 1.59. The van der Waals surface area contributed by atoms with Crippen LogP contribution >= 0.6 is 0 Å². The molecule has 0 aliphatic heterocycles. The molecule has 33 heavy (non-hydrogen) atoms. The van der Waals surface area contributed by atoms with E-state index in [4.69, 9.17) is 15.0 Å². The number of ether oxygens (including phenoxy) is 1. The fourth-order valence-electron chi connectivity index (χ4n) is 3.57. The molecule has 0 spiro atoms. The summed E-state index contributed by atoms with van der Waals surface area (Å²) >= 11 is 0. The van der Waals surface area contributed by atoms with Crippen LogP contribution in [0.3, 0.4) is 0 Å². The standard InChI is InChI=1S/C25H26N4O3S/c1-18(19-10-14-24(15-11-19)33(26,30)31)27-16-21-17-29(22-6-4-3-5-7-22)28-25(21)20-8-12-23(32-2)13-9-20/h3-15,17-18,27H,16H2,1-2H3,(H2,26,30,31)/t18-/m0/s1. The third-order valence-electron chi connectivity index (χ3n) is 5.48. The summed E-state index contributed by atoms with van der Waals surface area (Å²) in [5, 5.41) is 13.6. The van der Waals surface area contributed by atoms with E-state index in [-0.39, 0.29) is 10.9 Å². The lowest BCUT2D eigenvalue weighted by Gasteiger charge is -2.15. The van der Waals surface area contributed by atoms with Crippen LogP contribution in [0.15, 0.2) is 90.0 Å². The van der Waals surface area contributed by atoms with Gasteiger partial charge in [-0.1, -0.05) is 30.3 Å². The highest BCUT2D eigenvalue weighted by Crippen LogP contribution is 2.26. The molecule has 0 unspecified atom stereocenters. The number of sulfonamides is 1. The maximum Gasteiger partial charge on any atom is 0.238 e. The van der Waals surface area contributed by atoms with Crippen molar-refractivity contribution < 1.29 is 13.2 Å². The molecule has 1 heterocycles. The van der Waals surface area contributed by atoms with Gasteiger partial charge in [0.25, 0.3) is 0 Å². The summed E-state index contributed by atoms with van der Waals surface area (Å²) in [6.07, 6.45) is 2.03. The van der Waals surface area contributed by atoms with Crippen LogP contribution in [-0.4, -0.2) is 25.3 Å². The third kappa shape index (κ3) is 5.31. The number of primary sulfonamides is 1. The Morgan fingerprint density at radius 2 is 1.67 bits per heavy atom. The molecule has 0 radical (unpaired) electrons. The second kappa shape index (κ2) is 9.58. The van der Waals surface area contributed by atoms with Gasteiger partial charge in [0.05, 0.1) is 23.4 Å². The molecule has 1 atom stereocenters. The van der Waals surface area contributed by atoms with Gasteiger partial charge in [0.15, 0.2) is 0 Å². The molecule has 3 N–H and O–H groups in total. The van der Waals surface area contributed by atoms with Gasteiger partial charge in [-0.05, 0) is 61.0 Å². The minimum Gasteiger partial charge on any atom is -0.497 e. The van der Waals surface area contributed by atoms with E-state index in [9.17, 15) is 8.42 Å². The molecule has 0 amide bonds. The molecule has 7 nitrogen and oxygen atoms in total. The van der Waals surface area contributed by atoms with E-state index in [0.717, 1.165) is 33.8 Å². The lowest BCUT2D eigenvalue weighted by Crippen LogP contribution is -2.18. The second-order valence-corrected chi connectivity index (χ2v) is 9.29. The number of methoxy groups -OCH3 is 1. The highest BCUT2D eigenvalue weighted by Gasteiger charge is 2.15. The Kier molecular flexibility index (Phi) is 6.60. The molecule has 0 aliphatic carbocycles. The van der Waals surface area contributed by atoms with Gasteiger partial charge in [0.2, 0.25) is 10.0 Å². The highest BCUT2D eigenvalue weighted by atomic mass is 32.2. The van der Waals surface area contributed by atoms with Crippen LogP contribution in [-0.2, 0) is 16.6 Å². The van der Waals surface area contributed by atoms with E-state index >= 15 is 0 Å². The first-order valence-corrected chi connectivity index (χ1v) is 12.0. The van der Waals surface area contributed by atoms with Crippen molar-refractivity contribution >= 4 is 10.0 Å². The maximum atomic E-state index is 11.5. The van der Waals surface area contributed by atoms with E-state index < -0.39 is 10.0 Å². The van der Waals surface area contributed by atoms with Crippen molar-refractivity contribution in [2.24, 2.45) is 5.14 Å². The van der Waals surface area contributed by atoms with Crippen molar-refractivity contribution in [3.8, 4) is 22.7 Å². The summed E-state index contributed by atoms with van der Waals surface area (Å²) in [5.74, 6) is 0.789. The average Bonchev–Trinajstić information content (AvgIpc) is 3.27. The average molecular weight is 463 g/mol. The van der Waals surface area contributed by atoms with Gasteiger partial charge in [-0.15, -0.1) is 0 Å². The molecule has 0 saturated carbocycles. The lowest BCUT2D eigenvalue weighted by molar-refractivity contribution is 0.415. The van der Waals surface area contributed by atoms with Gasteiger partial charge < -0.3 is 10.1 Å². The first-order valence-electron chi connectivity index (χ1n) is 10.5. The SMILES string of the molecule is COc1ccc(-c2nn(-c3ccccc3)cc2CN[C@@H](C)c2ccc(S(N)(=O)=O)cc2)cc1. The Morgan fingerprint density at radius 1 is 1.00 bits per heavy atom. The predicted molar refractivity (Wildman–Crippen MR) is 129 cm³/mol. The van der Waals surface area contributed by atoms with Gasteiger partial charge in [0, 0.05) is 29.9 Å². The van der Waals surface area contributed by atoms with Crippen LogP contribution in [0.4, 0.5) is 0 Å². The maximum absolute atomic E-state index is 11.5. The summed E-state index contributed by atoms with van der Waals surface area (Å²) < 4.78 is 30.2. The van der Waals surface area contributed by atoms with Gasteiger partial charge in [-0.25, -0.2) is 18.2 Å². The number of nitrogens with two attached hydrogens (primary N) is 1. The summed E-state index contributed by atoms with van der Waals surface area (Å²) in [5.41, 5.74) is 4.85. The van der Waals surface area contributed by atoms with Crippen molar-refractivity contribution in [3.63, 3.8) is 0 Å². The first kappa shape index (κ1) is 22.7. The monoisotopic (exact) mass is 462 g/mol. The zero-order valence-electron chi connectivity index (χ0n) is 18.5. The summed E-state index contributed by atoms with van der Waals surface area (Å²) in [7, 11) is -2.06. The van der Waals surface area contributed by atoms with Gasteiger partial charge in [0.1, 0.15) is 5.75 Å². The van der Waals surface area contributed by atoms with Crippen LogP contribution in [0.1, 0.15) is 24.1 Å². The minimum atomic E-state index is -3.71. The molecular weight excluding hydrogens is 436 g/mol. The summed E-state index contributed by atoms with van der Waals surface area (Å²) in [4.78, 5) is 0.101. The van der Waals surface area contributed by atoms with Crippen LogP contribution in [0.2, 0.25) is 0 Å². The Morgan fingerprint density at radius 3 is 2.27 bits per heavy atom. The molecule has 0 fully saturated rings. The third-order valence-corrected chi connectivity index (χ3v) is 6.41. The topological polar surface area (TPSA) is 99.2 Å². The first-order chi connectivity index (χ1) is 15.8. The van der Waals surface area contributed by atoms with E-state index in [0.29, 0.717) is 6.54 Å². The quantitative estimate of drug-likeness (QED) is 0.412. The zero-order valence-corrected chi connectivity index (χ0v) is 19.3. The molecule has 0 aliphatic rings. The van der Waals surface area contributed by atoms with Crippen LogP contribution < -0.4 is 15.2 Å². The predicted octanol–water partition coefficient (Wildman–Crippen LogP) is 4.05. The van der Waals surface area contributed by atoms with Gasteiger partial charge >= 0.3 is 0 Å². The number of nitrogens with one attached hydrogen (secondary N) is 1.